The molecule has 0 saturated carbocycles. The van der Waals surface area contributed by atoms with E-state index in [1.54, 1.807) is 7.11 Å². The van der Waals surface area contributed by atoms with Gasteiger partial charge in [0.25, 0.3) is 0 Å². The summed E-state index contributed by atoms with van der Waals surface area (Å²) >= 11 is 0. The van der Waals surface area contributed by atoms with Crippen LogP contribution in [-0.2, 0) is 16.0 Å². The van der Waals surface area contributed by atoms with Gasteiger partial charge in [0.1, 0.15) is 24.7 Å². The molecule has 5 nitrogen and oxygen atoms in total. The summed E-state index contributed by atoms with van der Waals surface area (Å²) in [6.07, 6.45) is 2.48. The van der Waals surface area contributed by atoms with Crippen LogP contribution in [0.1, 0.15) is 18.4 Å². The molecule has 0 amide bonds. The lowest BCUT2D eigenvalue weighted by molar-refractivity contribution is 0.0679. The van der Waals surface area contributed by atoms with Crippen LogP contribution in [0, 0.1) is 0 Å². The number of anilines is 1. The third-order valence-corrected chi connectivity index (χ3v) is 4.29. The summed E-state index contributed by atoms with van der Waals surface area (Å²) in [7, 11) is 1.67. The molecule has 1 atom stereocenters. The summed E-state index contributed by atoms with van der Waals surface area (Å²) in [5, 5.41) is 3.41. The van der Waals surface area contributed by atoms with Gasteiger partial charge < -0.3 is 24.3 Å². The largest absolute Gasteiger partial charge is 0.491 e. The Hall–Kier alpha value is -2.24. The first-order valence-electron chi connectivity index (χ1n) is 9.12. The maximum Gasteiger partial charge on any atom is 0.119 e. The average molecular weight is 357 g/mol. The first-order valence-corrected chi connectivity index (χ1v) is 9.12. The van der Waals surface area contributed by atoms with Gasteiger partial charge in [0.2, 0.25) is 0 Å². The van der Waals surface area contributed by atoms with E-state index in [-0.39, 0.29) is 6.10 Å². The molecular weight excluding hydrogens is 330 g/mol. The summed E-state index contributed by atoms with van der Waals surface area (Å²) in [6.45, 7) is 3.41. The molecule has 1 aliphatic rings. The van der Waals surface area contributed by atoms with Crippen molar-refractivity contribution in [3.63, 3.8) is 0 Å². The van der Waals surface area contributed by atoms with Crippen molar-refractivity contribution in [3.05, 3.63) is 54.1 Å². The number of methoxy groups -OCH3 is 1. The second-order valence-corrected chi connectivity index (χ2v) is 6.31. The highest BCUT2D eigenvalue weighted by molar-refractivity contribution is 5.47. The van der Waals surface area contributed by atoms with Crippen LogP contribution in [0.4, 0.5) is 5.69 Å². The van der Waals surface area contributed by atoms with Crippen molar-refractivity contribution in [2.75, 3.05) is 38.9 Å². The lowest BCUT2D eigenvalue weighted by Gasteiger charge is -2.12. The maximum atomic E-state index is 5.79. The molecule has 0 spiro atoms. The van der Waals surface area contributed by atoms with Crippen molar-refractivity contribution in [2.45, 2.75) is 25.5 Å². The predicted molar refractivity (Wildman–Crippen MR) is 102 cm³/mol. The molecule has 1 unspecified atom stereocenters. The monoisotopic (exact) mass is 357 g/mol. The third-order valence-electron chi connectivity index (χ3n) is 4.29. The third kappa shape index (κ3) is 5.93. The van der Waals surface area contributed by atoms with E-state index in [1.165, 1.54) is 5.56 Å². The van der Waals surface area contributed by atoms with Gasteiger partial charge in [-0.05, 0) is 54.8 Å². The van der Waals surface area contributed by atoms with Gasteiger partial charge in [0.15, 0.2) is 0 Å². The second-order valence-electron chi connectivity index (χ2n) is 6.31. The topological polar surface area (TPSA) is 49.0 Å². The fraction of sp³-hybridized carbons (Fsp3) is 0.429. The van der Waals surface area contributed by atoms with E-state index in [2.05, 4.69) is 17.4 Å². The highest BCUT2D eigenvalue weighted by Crippen LogP contribution is 2.19. The van der Waals surface area contributed by atoms with Gasteiger partial charge in [-0.3, -0.25) is 0 Å². The van der Waals surface area contributed by atoms with E-state index in [1.807, 2.05) is 36.4 Å². The Labute approximate surface area is 155 Å². The van der Waals surface area contributed by atoms with Gasteiger partial charge in [0.05, 0.1) is 12.7 Å². The predicted octanol–water partition coefficient (Wildman–Crippen LogP) is 3.88. The van der Waals surface area contributed by atoms with Crippen LogP contribution in [0.5, 0.6) is 11.5 Å². The van der Waals surface area contributed by atoms with E-state index in [0.717, 1.165) is 43.2 Å². The van der Waals surface area contributed by atoms with Crippen molar-refractivity contribution in [3.8, 4) is 11.5 Å². The van der Waals surface area contributed by atoms with Gasteiger partial charge in [0, 0.05) is 25.9 Å². The summed E-state index contributed by atoms with van der Waals surface area (Å²) in [5.41, 5.74) is 2.26. The van der Waals surface area contributed by atoms with Crippen molar-refractivity contribution >= 4 is 5.69 Å². The molecule has 0 radical (unpaired) electrons. The Kier molecular flexibility index (Phi) is 7.16. The first-order chi connectivity index (χ1) is 12.8. The molecule has 1 aliphatic heterocycles. The van der Waals surface area contributed by atoms with E-state index in [0.29, 0.717) is 19.8 Å². The summed E-state index contributed by atoms with van der Waals surface area (Å²) in [5.74, 6) is 1.74. The smallest absolute Gasteiger partial charge is 0.119 e. The molecule has 1 N–H and O–H groups in total. The summed E-state index contributed by atoms with van der Waals surface area (Å²) in [4.78, 5) is 0. The molecule has 0 bridgehead atoms. The minimum atomic E-state index is 0.248. The van der Waals surface area contributed by atoms with Crippen molar-refractivity contribution in [1.82, 2.24) is 0 Å². The van der Waals surface area contributed by atoms with E-state index >= 15 is 0 Å². The Morgan fingerprint density at radius 1 is 0.962 bits per heavy atom. The van der Waals surface area contributed by atoms with Gasteiger partial charge in [-0.2, -0.15) is 0 Å². The molecule has 140 valence electrons. The fourth-order valence-electron chi connectivity index (χ4n) is 2.78. The zero-order valence-corrected chi connectivity index (χ0v) is 15.3. The molecule has 26 heavy (non-hydrogen) atoms. The van der Waals surface area contributed by atoms with Crippen LogP contribution in [0.2, 0.25) is 0 Å². The zero-order chi connectivity index (χ0) is 18.0. The molecule has 0 aliphatic carbocycles. The Morgan fingerprint density at radius 2 is 1.69 bits per heavy atom. The lowest BCUT2D eigenvalue weighted by Crippen LogP contribution is -2.16. The number of rotatable bonds is 10. The Bertz CT molecular complexity index is 636. The first kappa shape index (κ1) is 18.5. The summed E-state index contributed by atoms with van der Waals surface area (Å²) in [6, 6.07) is 16.1. The molecule has 1 heterocycles. The van der Waals surface area contributed by atoms with Crippen LogP contribution < -0.4 is 14.8 Å². The van der Waals surface area contributed by atoms with E-state index in [4.69, 9.17) is 18.9 Å². The molecular formula is C21H27NO4. The Morgan fingerprint density at radius 3 is 2.38 bits per heavy atom. The fourth-order valence-corrected chi connectivity index (χ4v) is 2.78. The van der Waals surface area contributed by atoms with Crippen LogP contribution in [0.3, 0.4) is 0 Å². The van der Waals surface area contributed by atoms with Gasteiger partial charge >= 0.3 is 0 Å². The van der Waals surface area contributed by atoms with E-state index in [9.17, 15) is 0 Å². The molecule has 2 aromatic rings. The van der Waals surface area contributed by atoms with Gasteiger partial charge in [-0.1, -0.05) is 12.1 Å². The number of hydrogen-bond acceptors (Lipinski definition) is 5. The maximum absolute atomic E-state index is 5.79. The highest BCUT2D eigenvalue weighted by atomic mass is 16.5. The number of ether oxygens (including phenoxy) is 4. The SMILES string of the molecule is COCCOc1ccc(NCc2ccc(OCC3CCCO3)cc2)cc1. The minimum Gasteiger partial charge on any atom is -0.491 e. The molecule has 5 heteroatoms. The van der Waals surface area contributed by atoms with Gasteiger partial charge in [-0.25, -0.2) is 0 Å². The van der Waals surface area contributed by atoms with Crippen molar-refractivity contribution in [1.29, 1.82) is 0 Å². The summed E-state index contributed by atoms with van der Waals surface area (Å²) < 4.78 is 21.9. The van der Waals surface area contributed by atoms with Crippen LogP contribution in [0.15, 0.2) is 48.5 Å². The zero-order valence-electron chi connectivity index (χ0n) is 15.3. The van der Waals surface area contributed by atoms with Crippen LogP contribution in [-0.4, -0.2) is 39.6 Å². The quantitative estimate of drug-likeness (QED) is 0.654. The van der Waals surface area contributed by atoms with E-state index < -0.39 is 0 Å². The highest BCUT2D eigenvalue weighted by Gasteiger charge is 2.15. The second kappa shape index (κ2) is 10.0. The van der Waals surface area contributed by atoms with Gasteiger partial charge in [-0.15, -0.1) is 0 Å². The molecule has 2 aromatic carbocycles. The minimum absolute atomic E-state index is 0.248. The average Bonchev–Trinajstić information content (AvgIpc) is 3.20. The number of hydrogen-bond donors (Lipinski definition) is 1. The van der Waals surface area contributed by atoms with Crippen molar-refractivity contribution in [2.24, 2.45) is 0 Å². The number of nitrogens with one attached hydrogen (secondary N) is 1. The normalized spacial score (nSPS) is 16.4. The van der Waals surface area contributed by atoms with Crippen molar-refractivity contribution < 1.29 is 18.9 Å². The standard InChI is InChI=1S/C21H27NO4/c1-23-13-14-25-19-10-6-18(7-11-19)22-15-17-4-8-20(9-5-17)26-16-21-3-2-12-24-21/h4-11,21-22H,2-3,12-16H2,1H3. The molecule has 1 saturated heterocycles. The molecule has 3 rings (SSSR count). The van der Waals surface area contributed by atoms with Crippen LogP contribution in [0.25, 0.3) is 0 Å². The Balaban J connectivity index is 1.41. The lowest BCUT2D eigenvalue weighted by atomic mass is 10.2. The molecule has 1 fully saturated rings. The molecule has 0 aromatic heterocycles. The number of benzene rings is 2. The van der Waals surface area contributed by atoms with Crippen LogP contribution >= 0.6 is 0 Å².